The van der Waals surface area contributed by atoms with Crippen LogP contribution in [0.1, 0.15) is 39.2 Å². The number of rotatable bonds is 4. The lowest BCUT2D eigenvalue weighted by Crippen LogP contribution is -2.51. The van der Waals surface area contributed by atoms with Crippen LogP contribution >= 0.6 is 0 Å². The molecule has 0 saturated carbocycles. The van der Waals surface area contributed by atoms with E-state index >= 15 is 0 Å². The summed E-state index contributed by atoms with van der Waals surface area (Å²) in [7, 11) is 0. The maximum Gasteiger partial charge on any atom is 0.408 e. The number of ether oxygens (including phenoxy) is 1. The lowest BCUT2D eigenvalue weighted by atomic mass is 9.93. The molecule has 0 aliphatic heterocycles. The summed E-state index contributed by atoms with van der Waals surface area (Å²) in [5, 5.41) is 13.6. The number of carbonyl (C=O) groups excluding carboxylic acids is 2. The van der Waals surface area contributed by atoms with Gasteiger partial charge < -0.3 is 20.0 Å². The quantitative estimate of drug-likeness (QED) is 0.903. The van der Waals surface area contributed by atoms with E-state index in [2.05, 4.69) is 5.32 Å². The van der Waals surface area contributed by atoms with E-state index in [-0.39, 0.29) is 0 Å². The number of carboxylic acid groups (broad SMARTS) is 1. The maximum absolute atomic E-state index is 11.7. The van der Waals surface area contributed by atoms with Crippen molar-refractivity contribution in [2.45, 2.75) is 45.3 Å². The highest BCUT2D eigenvalue weighted by Crippen LogP contribution is 2.19. The smallest absolute Gasteiger partial charge is 0.408 e. The molecule has 110 valence electrons. The van der Waals surface area contributed by atoms with E-state index in [0.29, 0.717) is 0 Å². The van der Waals surface area contributed by atoms with Crippen LogP contribution in [0.3, 0.4) is 0 Å². The molecule has 0 aromatic heterocycles. The van der Waals surface area contributed by atoms with Gasteiger partial charge in [0.15, 0.2) is 0 Å². The Kier molecular flexibility index (Phi) is 5.13. The molecule has 0 heterocycles. The number of carbonyl (C=O) groups is 2. The van der Waals surface area contributed by atoms with Gasteiger partial charge in [0.05, 0.1) is 12.0 Å². The lowest BCUT2D eigenvalue weighted by Gasteiger charge is -2.28. The predicted octanol–water partition coefficient (Wildman–Crippen LogP) is 1.43. The van der Waals surface area contributed by atoms with E-state index in [1.807, 2.05) is 18.2 Å². The van der Waals surface area contributed by atoms with E-state index in [4.69, 9.17) is 4.74 Å². The second-order valence-corrected chi connectivity index (χ2v) is 5.64. The van der Waals surface area contributed by atoms with Crippen molar-refractivity contribution >= 4 is 12.1 Å². The Hall–Kier alpha value is -2.04. The molecule has 5 heteroatoms. The molecule has 0 unspecified atom stereocenters. The number of hydrogen-bond donors (Lipinski definition) is 1. The number of aliphatic carboxylic acids is 1. The van der Waals surface area contributed by atoms with Crippen molar-refractivity contribution in [3.8, 4) is 0 Å². The van der Waals surface area contributed by atoms with Crippen LogP contribution in [0.2, 0.25) is 0 Å². The van der Waals surface area contributed by atoms with Crippen LogP contribution in [-0.2, 0) is 9.53 Å². The van der Waals surface area contributed by atoms with Crippen LogP contribution in [0, 0.1) is 0 Å². The fourth-order valence-corrected chi connectivity index (χ4v) is 1.77. The zero-order valence-electron chi connectivity index (χ0n) is 12.2. The molecular weight excluding hydrogens is 258 g/mol. The normalized spacial score (nSPS) is 14.2. The zero-order chi connectivity index (χ0) is 15.3. The zero-order valence-corrected chi connectivity index (χ0v) is 12.2. The molecular formula is C15H20NO4-. The molecule has 0 fully saturated rings. The van der Waals surface area contributed by atoms with Crippen molar-refractivity contribution in [2.75, 3.05) is 0 Å². The molecule has 1 N–H and O–H groups in total. The third-order valence-corrected chi connectivity index (χ3v) is 2.75. The largest absolute Gasteiger partial charge is 0.548 e. The number of amides is 1. The van der Waals surface area contributed by atoms with Gasteiger partial charge in [0, 0.05) is 5.92 Å². The van der Waals surface area contributed by atoms with Crippen molar-refractivity contribution in [3.63, 3.8) is 0 Å². The molecule has 0 aliphatic carbocycles. The van der Waals surface area contributed by atoms with Gasteiger partial charge in [-0.15, -0.1) is 0 Å². The molecule has 20 heavy (non-hydrogen) atoms. The van der Waals surface area contributed by atoms with Crippen molar-refractivity contribution in [3.05, 3.63) is 35.9 Å². The molecule has 5 nitrogen and oxygen atoms in total. The number of nitrogens with one attached hydrogen (secondary N) is 1. The Morgan fingerprint density at radius 2 is 1.75 bits per heavy atom. The molecule has 0 radical (unpaired) electrons. The fraction of sp³-hybridized carbons (Fsp3) is 0.467. The van der Waals surface area contributed by atoms with Crippen molar-refractivity contribution < 1.29 is 19.4 Å². The molecule has 0 saturated heterocycles. The van der Waals surface area contributed by atoms with E-state index in [1.54, 1.807) is 39.8 Å². The Balaban J connectivity index is 2.80. The SMILES string of the molecule is C[C@H](c1ccccc1)[C@@H](NC(=O)OC(C)(C)C)C(=O)[O-]. The number of hydrogen-bond acceptors (Lipinski definition) is 4. The van der Waals surface area contributed by atoms with Gasteiger partial charge >= 0.3 is 6.09 Å². The monoisotopic (exact) mass is 278 g/mol. The van der Waals surface area contributed by atoms with Gasteiger partial charge in [0.2, 0.25) is 0 Å². The molecule has 1 aromatic rings. The maximum atomic E-state index is 11.7. The first kappa shape index (κ1) is 16.0. The number of carboxylic acids is 1. The first-order valence-electron chi connectivity index (χ1n) is 6.46. The van der Waals surface area contributed by atoms with E-state index in [1.165, 1.54) is 0 Å². The number of benzene rings is 1. The summed E-state index contributed by atoms with van der Waals surface area (Å²) in [6.07, 6.45) is -0.769. The van der Waals surface area contributed by atoms with E-state index in [9.17, 15) is 14.7 Å². The van der Waals surface area contributed by atoms with Gasteiger partial charge in [-0.2, -0.15) is 0 Å². The minimum Gasteiger partial charge on any atom is -0.548 e. The van der Waals surface area contributed by atoms with Gasteiger partial charge in [-0.3, -0.25) is 0 Å². The van der Waals surface area contributed by atoms with E-state index in [0.717, 1.165) is 5.56 Å². The predicted molar refractivity (Wildman–Crippen MR) is 73.0 cm³/mol. The topological polar surface area (TPSA) is 78.5 Å². The van der Waals surface area contributed by atoms with Gasteiger partial charge in [-0.05, 0) is 26.3 Å². The number of alkyl carbamates (subject to hydrolysis) is 1. The summed E-state index contributed by atoms with van der Waals surface area (Å²) in [5.41, 5.74) is 0.120. The standard InChI is InChI=1S/C15H21NO4/c1-10(11-8-6-5-7-9-11)12(13(17)18)16-14(19)20-15(2,3)4/h5-10,12H,1-4H3,(H,16,19)(H,17,18)/p-1/t10-,12-/m1/s1. The Morgan fingerprint density at radius 3 is 2.20 bits per heavy atom. The minimum atomic E-state index is -1.34. The van der Waals surface area contributed by atoms with Gasteiger partial charge in [-0.1, -0.05) is 37.3 Å². The van der Waals surface area contributed by atoms with E-state index < -0.39 is 29.6 Å². The Labute approximate surface area is 118 Å². The van der Waals surface area contributed by atoms with Gasteiger partial charge in [0.1, 0.15) is 5.60 Å². The second-order valence-electron chi connectivity index (χ2n) is 5.64. The van der Waals surface area contributed by atoms with Crippen LogP contribution in [-0.4, -0.2) is 23.7 Å². The second kappa shape index (κ2) is 6.41. The van der Waals surface area contributed by atoms with Crippen molar-refractivity contribution in [1.29, 1.82) is 0 Å². The highest BCUT2D eigenvalue weighted by molar-refractivity contribution is 5.79. The van der Waals surface area contributed by atoms with Crippen LogP contribution in [0.4, 0.5) is 4.79 Å². The van der Waals surface area contributed by atoms with Gasteiger partial charge in [0.25, 0.3) is 0 Å². The lowest BCUT2D eigenvalue weighted by molar-refractivity contribution is -0.308. The summed E-state index contributed by atoms with van der Waals surface area (Å²) in [6.45, 7) is 6.84. The first-order valence-corrected chi connectivity index (χ1v) is 6.46. The summed E-state index contributed by atoms with van der Waals surface area (Å²) in [5.74, 6) is -1.76. The molecule has 0 spiro atoms. The average molecular weight is 278 g/mol. The Morgan fingerprint density at radius 1 is 1.20 bits per heavy atom. The average Bonchev–Trinajstić information content (AvgIpc) is 2.34. The van der Waals surface area contributed by atoms with Gasteiger partial charge in [-0.25, -0.2) is 4.79 Å². The molecule has 1 aromatic carbocycles. The van der Waals surface area contributed by atoms with Crippen LogP contribution in [0.15, 0.2) is 30.3 Å². The molecule has 1 amide bonds. The summed E-state index contributed by atoms with van der Waals surface area (Å²) in [4.78, 5) is 22.9. The highest BCUT2D eigenvalue weighted by Gasteiger charge is 2.25. The highest BCUT2D eigenvalue weighted by atomic mass is 16.6. The summed E-state index contributed by atoms with van der Waals surface area (Å²) >= 11 is 0. The van der Waals surface area contributed by atoms with Crippen LogP contribution in [0.5, 0.6) is 0 Å². The third kappa shape index (κ3) is 4.91. The summed E-state index contributed by atoms with van der Waals surface area (Å²) in [6, 6.07) is 7.92. The molecule has 2 atom stereocenters. The fourth-order valence-electron chi connectivity index (χ4n) is 1.77. The first-order chi connectivity index (χ1) is 9.20. The van der Waals surface area contributed by atoms with Crippen LogP contribution in [0.25, 0.3) is 0 Å². The molecule has 1 rings (SSSR count). The van der Waals surface area contributed by atoms with Crippen LogP contribution < -0.4 is 10.4 Å². The molecule has 0 aliphatic rings. The third-order valence-electron chi connectivity index (χ3n) is 2.75. The summed E-state index contributed by atoms with van der Waals surface area (Å²) < 4.78 is 5.06. The Bertz CT molecular complexity index is 465. The van der Waals surface area contributed by atoms with Crippen molar-refractivity contribution in [2.24, 2.45) is 0 Å². The minimum absolute atomic E-state index is 0.422. The van der Waals surface area contributed by atoms with Crippen molar-refractivity contribution in [1.82, 2.24) is 5.32 Å². The molecule has 0 bridgehead atoms.